The molecule has 1 atom stereocenters. The minimum absolute atomic E-state index is 0.484. The molecule has 0 radical (unpaired) electrons. The molecule has 0 saturated carbocycles. The summed E-state index contributed by atoms with van der Waals surface area (Å²) in [6, 6.07) is 15.6. The Morgan fingerprint density at radius 1 is 1.04 bits per heavy atom. The van der Waals surface area contributed by atoms with Crippen LogP contribution in [0.3, 0.4) is 0 Å². The van der Waals surface area contributed by atoms with Crippen LogP contribution < -0.4 is 9.64 Å². The standard InChI is InChI=1S/C19H23ClN2O2/c1-24-16-8-6-15(7-9-16)19(23)14-21-10-12-22(13-11-21)18-5-3-2-4-17(18)20/h2-9,19,23H,10-14H2,1H3/t19-/m1/s1. The number of ether oxygens (including phenoxy) is 1. The first-order valence-corrected chi connectivity index (χ1v) is 8.59. The predicted molar refractivity (Wildman–Crippen MR) is 98.1 cm³/mol. The van der Waals surface area contributed by atoms with E-state index in [1.165, 1.54) is 0 Å². The number of hydrogen-bond acceptors (Lipinski definition) is 4. The third kappa shape index (κ3) is 4.01. The highest BCUT2D eigenvalue weighted by atomic mass is 35.5. The van der Waals surface area contributed by atoms with Crippen molar-refractivity contribution in [3.05, 3.63) is 59.1 Å². The molecule has 2 aromatic carbocycles. The maximum Gasteiger partial charge on any atom is 0.118 e. The molecular formula is C19H23ClN2O2. The first-order chi connectivity index (χ1) is 11.7. The second-order valence-corrected chi connectivity index (χ2v) is 6.44. The SMILES string of the molecule is COc1ccc([C@H](O)CN2CCN(c3ccccc3Cl)CC2)cc1. The zero-order chi connectivity index (χ0) is 16.9. The van der Waals surface area contributed by atoms with Crippen LogP contribution in [0, 0.1) is 0 Å². The van der Waals surface area contributed by atoms with Crippen molar-refractivity contribution in [2.24, 2.45) is 0 Å². The van der Waals surface area contributed by atoms with E-state index in [1.807, 2.05) is 42.5 Å². The summed E-state index contributed by atoms with van der Waals surface area (Å²) in [5.41, 5.74) is 2.01. The van der Waals surface area contributed by atoms with Crippen molar-refractivity contribution in [2.75, 3.05) is 44.7 Å². The number of nitrogens with zero attached hydrogens (tertiary/aromatic N) is 2. The van der Waals surface area contributed by atoms with E-state index in [1.54, 1.807) is 7.11 Å². The third-order valence-corrected chi connectivity index (χ3v) is 4.82. The summed E-state index contributed by atoms with van der Waals surface area (Å²) in [6.07, 6.45) is -0.484. The second kappa shape index (κ2) is 7.88. The van der Waals surface area contributed by atoms with Gasteiger partial charge >= 0.3 is 0 Å². The maximum absolute atomic E-state index is 10.4. The number of aliphatic hydroxyl groups is 1. The van der Waals surface area contributed by atoms with E-state index in [4.69, 9.17) is 16.3 Å². The monoisotopic (exact) mass is 346 g/mol. The summed E-state index contributed by atoms with van der Waals surface area (Å²) >= 11 is 6.28. The molecule has 0 bridgehead atoms. The van der Waals surface area contributed by atoms with Gasteiger partial charge in [-0.25, -0.2) is 0 Å². The van der Waals surface area contributed by atoms with Gasteiger partial charge in [0.25, 0.3) is 0 Å². The van der Waals surface area contributed by atoms with Crippen molar-refractivity contribution < 1.29 is 9.84 Å². The molecule has 128 valence electrons. The van der Waals surface area contributed by atoms with Crippen LogP contribution in [0.5, 0.6) is 5.75 Å². The number of aliphatic hydroxyl groups excluding tert-OH is 1. The van der Waals surface area contributed by atoms with E-state index in [0.717, 1.165) is 48.2 Å². The van der Waals surface area contributed by atoms with E-state index in [-0.39, 0.29) is 0 Å². The molecule has 1 heterocycles. The van der Waals surface area contributed by atoms with Gasteiger partial charge < -0.3 is 14.7 Å². The van der Waals surface area contributed by atoms with Crippen molar-refractivity contribution in [3.63, 3.8) is 0 Å². The van der Waals surface area contributed by atoms with Crippen molar-refractivity contribution in [1.82, 2.24) is 4.90 Å². The van der Waals surface area contributed by atoms with Gasteiger partial charge in [0.2, 0.25) is 0 Å². The average molecular weight is 347 g/mol. The van der Waals surface area contributed by atoms with E-state index in [9.17, 15) is 5.11 Å². The number of rotatable bonds is 5. The molecule has 5 heteroatoms. The fourth-order valence-electron chi connectivity index (χ4n) is 3.06. The number of halogens is 1. The third-order valence-electron chi connectivity index (χ3n) is 4.50. The average Bonchev–Trinajstić information content (AvgIpc) is 2.63. The molecule has 0 spiro atoms. The minimum Gasteiger partial charge on any atom is -0.497 e. The summed E-state index contributed by atoms with van der Waals surface area (Å²) in [6.45, 7) is 4.30. The Balaban J connectivity index is 1.54. The lowest BCUT2D eigenvalue weighted by Gasteiger charge is -2.37. The lowest BCUT2D eigenvalue weighted by molar-refractivity contribution is 0.109. The molecule has 1 aliphatic rings. The van der Waals surface area contributed by atoms with Gasteiger partial charge in [0.15, 0.2) is 0 Å². The highest BCUT2D eigenvalue weighted by molar-refractivity contribution is 6.33. The fourth-order valence-corrected chi connectivity index (χ4v) is 3.31. The molecule has 0 aliphatic carbocycles. The number of methoxy groups -OCH3 is 1. The van der Waals surface area contributed by atoms with Gasteiger partial charge in [-0.2, -0.15) is 0 Å². The van der Waals surface area contributed by atoms with Crippen LogP contribution in [-0.2, 0) is 0 Å². The fraction of sp³-hybridized carbons (Fsp3) is 0.368. The van der Waals surface area contributed by atoms with Gasteiger partial charge in [0.05, 0.1) is 23.9 Å². The summed E-state index contributed by atoms with van der Waals surface area (Å²) in [5.74, 6) is 0.805. The summed E-state index contributed by atoms with van der Waals surface area (Å²) in [7, 11) is 1.64. The number of β-amino-alcohol motifs (C(OH)–C–C–N with tert-alkyl or cyclic N) is 1. The Bertz CT molecular complexity index is 655. The van der Waals surface area contributed by atoms with Crippen LogP contribution in [0.15, 0.2) is 48.5 Å². The van der Waals surface area contributed by atoms with Crippen LogP contribution in [-0.4, -0.2) is 49.8 Å². The number of anilines is 1. The predicted octanol–water partition coefficient (Wildman–Crippen LogP) is 3.20. The summed E-state index contributed by atoms with van der Waals surface area (Å²) in [5, 5.41) is 11.2. The lowest BCUT2D eigenvalue weighted by atomic mass is 10.1. The van der Waals surface area contributed by atoms with Crippen LogP contribution in [0.1, 0.15) is 11.7 Å². The van der Waals surface area contributed by atoms with Gasteiger partial charge in [-0.05, 0) is 29.8 Å². The first kappa shape index (κ1) is 17.1. The smallest absolute Gasteiger partial charge is 0.118 e. The number of hydrogen-bond donors (Lipinski definition) is 1. The molecule has 1 saturated heterocycles. The molecule has 4 nitrogen and oxygen atoms in total. The quantitative estimate of drug-likeness (QED) is 0.902. The molecule has 1 fully saturated rings. The molecule has 1 N–H and O–H groups in total. The van der Waals surface area contributed by atoms with Crippen LogP contribution >= 0.6 is 11.6 Å². The molecule has 0 aromatic heterocycles. The first-order valence-electron chi connectivity index (χ1n) is 8.21. The molecule has 0 amide bonds. The van der Waals surface area contributed by atoms with Gasteiger partial charge in [-0.3, -0.25) is 4.90 Å². The van der Waals surface area contributed by atoms with Crippen LogP contribution in [0.25, 0.3) is 0 Å². The Kier molecular flexibility index (Phi) is 5.61. The zero-order valence-electron chi connectivity index (χ0n) is 13.9. The molecular weight excluding hydrogens is 324 g/mol. The van der Waals surface area contributed by atoms with Gasteiger partial charge in [-0.15, -0.1) is 0 Å². The molecule has 3 rings (SSSR count). The van der Waals surface area contributed by atoms with Crippen molar-refractivity contribution in [2.45, 2.75) is 6.10 Å². The summed E-state index contributed by atoms with van der Waals surface area (Å²) in [4.78, 5) is 4.60. The minimum atomic E-state index is -0.484. The van der Waals surface area contributed by atoms with E-state index >= 15 is 0 Å². The van der Waals surface area contributed by atoms with Crippen molar-refractivity contribution in [3.8, 4) is 5.75 Å². The Morgan fingerprint density at radius 3 is 2.33 bits per heavy atom. The van der Waals surface area contributed by atoms with Crippen LogP contribution in [0.2, 0.25) is 5.02 Å². The van der Waals surface area contributed by atoms with Gasteiger partial charge in [0.1, 0.15) is 5.75 Å². The van der Waals surface area contributed by atoms with Crippen molar-refractivity contribution >= 4 is 17.3 Å². The lowest BCUT2D eigenvalue weighted by Crippen LogP contribution is -2.47. The zero-order valence-corrected chi connectivity index (χ0v) is 14.6. The highest BCUT2D eigenvalue weighted by Crippen LogP contribution is 2.26. The number of piperazine rings is 1. The largest absolute Gasteiger partial charge is 0.497 e. The molecule has 1 aliphatic heterocycles. The number of para-hydroxylation sites is 1. The van der Waals surface area contributed by atoms with E-state index in [0.29, 0.717) is 6.54 Å². The summed E-state index contributed by atoms with van der Waals surface area (Å²) < 4.78 is 5.15. The molecule has 24 heavy (non-hydrogen) atoms. The second-order valence-electron chi connectivity index (χ2n) is 6.03. The van der Waals surface area contributed by atoms with Crippen molar-refractivity contribution in [1.29, 1.82) is 0 Å². The maximum atomic E-state index is 10.4. The highest BCUT2D eigenvalue weighted by Gasteiger charge is 2.21. The molecule has 2 aromatic rings. The normalized spacial score (nSPS) is 16.9. The topological polar surface area (TPSA) is 35.9 Å². The molecule has 0 unspecified atom stereocenters. The Labute approximate surface area is 148 Å². The van der Waals surface area contributed by atoms with E-state index < -0.39 is 6.10 Å². The van der Waals surface area contributed by atoms with E-state index in [2.05, 4.69) is 15.9 Å². The number of benzene rings is 2. The Hall–Kier alpha value is -1.75. The Morgan fingerprint density at radius 2 is 1.71 bits per heavy atom. The van der Waals surface area contributed by atoms with Gasteiger partial charge in [-0.1, -0.05) is 35.9 Å². The van der Waals surface area contributed by atoms with Gasteiger partial charge in [0, 0.05) is 32.7 Å². The van der Waals surface area contributed by atoms with Crippen LogP contribution in [0.4, 0.5) is 5.69 Å².